The summed E-state index contributed by atoms with van der Waals surface area (Å²) in [4.78, 5) is 11.0. The van der Waals surface area contributed by atoms with Crippen molar-refractivity contribution < 1.29 is 13.9 Å². The molecule has 0 aliphatic carbocycles. The summed E-state index contributed by atoms with van der Waals surface area (Å²) in [6.07, 6.45) is 0.751. The molecule has 0 aromatic heterocycles. The Morgan fingerprint density at radius 1 is 1.06 bits per heavy atom. The minimum absolute atomic E-state index is 0.306. The summed E-state index contributed by atoms with van der Waals surface area (Å²) in [7, 11) is 0. The van der Waals surface area contributed by atoms with E-state index >= 15 is 0 Å². The zero-order chi connectivity index (χ0) is 13.1. The molecule has 0 saturated heterocycles. The van der Waals surface area contributed by atoms with E-state index in [2.05, 4.69) is 0 Å². The molecule has 92 valence electrons. The second-order valence-corrected chi connectivity index (χ2v) is 4.17. The first-order valence-corrected chi connectivity index (χ1v) is 5.60. The molecule has 0 amide bonds. The van der Waals surface area contributed by atoms with Crippen LogP contribution in [0.15, 0.2) is 36.4 Å². The Kier molecular flexibility index (Phi) is 3.42. The van der Waals surface area contributed by atoms with Crippen LogP contribution in [0, 0.1) is 19.7 Å². The zero-order valence-electron chi connectivity index (χ0n) is 10.2. The molecule has 0 spiro atoms. The zero-order valence-corrected chi connectivity index (χ0v) is 10.2. The average Bonchev–Trinajstić information content (AvgIpc) is 2.34. The van der Waals surface area contributed by atoms with Crippen LogP contribution in [0.25, 0.3) is 0 Å². The lowest BCUT2D eigenvalue weighted by Crippen LogP contribution is -1.93. The SMILES string of the molecule is Cc1ccc(Oc2ccc(F)cc2C)c(C=O)c1. The van der Waals surface area contributed by atoms with Crippen molar-refractivity contribution in [3.63, 3.8) is 0 Å². The Labute approximate surface area is 105 Å². The van der Waals surface area contributed by atoms with Crippen molar-refractivity contribution in [3.05, 3.63) is 58.9 Å². The molecule has 0 fully saturated rings. The van der Waals surface area contributed by atoms with Gasteiger partial charge in [0, 0.05) is 0 Å². The topological polar surface area (TPSA) is 26.3 Å². The average molecular weight is 244 g/mol. The number of carbonyl (C=O) groups is 1. The molecular weight excluding hydrogens is 231 g/mol. The van der Waals surface area contributed by atoms with Gasteiger partial charge in [0.25, 0.3) is 0 Å². The molecule has 0 heterocycles. The minimum atomic E-state index is -0.306. The van der Waals surface area contributed by atoms with E-state index in [0.717, 1.165) is 11.8 Å². The number of aryl methyl sites for hydroxylation is 2. The number of hydrogen-bond donors (Lipinski definition) is 0. The molecule has 2 aromatic carbocycles. The van der Waals surface area contributed by atoms with Crippen LogP contribution < -0.4 is 4.74 Å². The molecule has 2 nitrogen and oxygen atoms in total. The molecule has 0 N–H and O–H groups in total. The predicted octanol–water partition coefficient (Wildman–Crippen LogP) is 4.05. The van der Waals surface area contributed by atoms with Crippen molar-refractivity contribution in [2.45, 2.75) is 13.8 Å². The second-order valence-electron chi connectivity index (χ2n) is 4.17. The van der Waals surface area contributed by atoms with Crippen molar-refractivity contribution in [2.75, 3.05) is 0 Å². The van der Waals surface area contributed by atoms with E-state index in [9.17, 15) is 9.18 Å². The molecule has 2 aromatic rings. The molecule has 2 rings (SSSR count). The van der Waals surface area contributed by atoms with Gasteiger partial charge in [-0.2, -0.15) is 0 Å². The largest absolute Gasteiger partial charge is 0.456 e. The molecule has 0 saturated carbocycles. The summed E-state index contributed by atoms with van der Waals surface area (Å²) in [6.45, 7) is 3.66. The predicted molar refractivity (Wildman–Crippen MR) is 67.8 cm³/mol. The van der Waals surface area contributed by atoms with E-state index in [1.165, 1.54) is 12.1 Å². The Morgan fingerprint density at radius 2 is 1.78 bits per heavy atom. The van der Waals surface area contributed by atoms with Crippen LogP contribution >= 0.6 is 0 Å². The Bertz CT molecular complexity index is 591. The third-order valence-electron chi connectivity index (χ3n) is 2.65. The first-order valence-electron chi connectivity index (χ1n) is 5.60. The second kappa shape index (κ2) is 5.00. The molecule has 0 radical (unpaired) electrons. The summed E-state index contributed by atoms with van der Waals surface area (Å²) in [6, 6.07) is 9.63. The van der Waals surface area contributed by atoms with E-state index in [0.29, 0.717) is 22.6 Å². The maximum absolute atomic E-state index is 13.0. The Hall–Kier alpha value is -2.16. The van der Waals surface area contributed by atoms with Crippen molar-refractivity contribution in [1.82, 2.24) is 0 Å². The fourth-order valence-corrected chi connectivity index (χ4v) is 1.70. The highest BCUT2D eigenvalue weighted by Gasteiger charge is 2.07. The number of carbonyl (C=O) groups excluding carboxylic acids is 1. The molecule has 18 heavy (non-hydrogen) atoms. The van der Waals surface area contributed by atoms with Gasteiger partial charge in [-0.05, 0) is 49.7 Å². The molecule has 3 heteroatoms. The van der Waals surface area contributed by atoms with E-state index in [1.54, 1.807) is 25.1 Å². The first kappa shape index (κ1) is 12.3. The van der Waals surface area contributed by atoms with Gasteiger partial charge in [0.15, 0.2) is 6.29 Å². The van der Waals surface area contributed by atoms with E-state index in [1.807, 2.05) is 13.0 Å². The van der Waals surface area contributed by atoms with Gasteiger partial charge in [0.2, 0.25) is 0 Å². The van der Waals surface area contributed by atoms with Crippen LogP contribution in [0.2, 0.25) is 0 Å². The lowest BCUT2D eigenvalue weighted by atomic mass is 10.1. The lowest BCUT2D eigenvalue weighted by molar-refractivity contribution is 0.112. The number of benzene rings is 2. The van der Waals surface area contributed by atoms with E-state index in [4.69, 9.17) is 4.74 Å². The van der Waals surface area contributed by atoms with Gasteiger partial charge >= 0.3 is 0 Å². The molecule has 0 aliphatic rings. The van der Waals surface area contributed by atoms with Crippen LogP contribution in [0.3, 0.4) is 0 Å². The number of halogens is 1. The first-order chi connectivity index (χ1) is 8.60. The number of rotatable bonds is 3. The summed E-state index contributed by atoms with van der Waals surface area (Å²) >= 11 is 0. The molecular formula is C15H13FO2. The number of hydrogen-bond acceptors (Lipinski definition) is 2. The van der Waals surface area contributed by atoms with Crippen molar-refractivity contribution >= 4 is 6.29 Å². The van der Waals surface area contributed by atoms with Crippen molar-refractivity contribution in [1.29, 1.82) is 0 Å². The van der Waals surface area contributed by atoms with Crippen molar-refractivity contribution in [3.8, 4) is 11.5 Å². The summed E-state index contributed by atoms with van der Waals surface area (Å²) in [5.74, 6) is 0.716. The highest BCUT2D eigenvalue weighted by atomic mass is 19.1. The van der Waals surface area contributed by atoms with Crippen LogP contribution in [0.1, 0.15) is 21.5 Å². The molecule has 0 atom stereocenters. The third kappa shape index (κ3) is 2.56. The fourth-order valence-electron chi connectivity index (χ4n) is 1.70. The normalized spacial score (nSPS) is 10.2. The highest BCUT2D eigenvalue weighted by Crippen LogP contribution is 2.28. The fraction of sp³-hybridized carbons (Fsp3) is 0.133. The van der Waals surface area contributed by atoms with Gasteiger partial charge < -0.3 is 4.74 Å². The van der Waals surface area contributed by atoms with Crippen molar-refractivity contribution in [2.24, 2.45) is 0 Å². The maximum atomic E-state index is 13.0. The number of aldehydes is 1. The molecule has 0 bridgehead atoms. The lowest BCUT2D eigenvalue weighted by Gasteiger charge is -2.10. The Morgan fingerprint density at radius 3 is 2.44 bits per heavy atom. The summed E-state index contributed by atoms with van der Waals surface area (Å²) in [5.41, 5.74) is 2.16. The van der Waals surface area contributed by atoms with Crippen LogP contribution in [-0.2, 0) is 0 Å². The molecule has 0 aliphatic heterocycles. The van der Waals surface area contributed by atoms with Gasteiger partial charge in [-0.3, -0.25) is 4.79 Å². The maximum Gasteiger partial charge on any atom is 0.153 e. The summed E-state index contributed by atoms with van der Waals surface area (Å²) < 4.78 is 18.6. The van der Waals surface area contributed by atoms with E-state index < -0.39 is 0 Å². The smallest absolute Gasteiger partial charge is 0.153 e. The standard InChI is InChI=1S/C15H13FO2/c1-10-3-5-15(12(7-10)9-17)18-14-6-4-13(16)8-11(14)2/h3-9H,1-2H3. The highest BCUT2D eigenvalue weighted by molar-refractivity contribution is 5.79. The van der Waals surface area contributed by atoms with Crippen LogP contribution in [0.4, 0.5) is 4.39 Å². The van der Waals surface area contributed by atoms with Gasteiger partial charge in [-0.25, -0.2) is 4.39 Å². The van der Waals surface area contributed by atoms with Gasteiger partial charge in [0.1, 0.15) is 17.3 Å². The van der Waals surface area contributed by atoms with Gasteiger partial charge in [-0.1, -0.05) is 11.6 Å². The molecule has 0 unspecified atom stereocenters. The van der Waals surface area contributed by atoms with Gasteiger partial charge in [0.05, 0.1) is 5.56 Å². The minimum Gasteiger partial charge on any atom is -0.456 e. The quantitative estimate of drug-likeness (QED) is 0.761. The van der Waals surface area contributed by atoms with E-state index in [-0.39, 0.29) is 5.82 Å². The van der Waals surface area contributed by atoms with Gasteiger partial charge in [-0.15, -0.1) is 0 Å². The Balaban J connectivity index is 2.36. The van der Waals surface area contributed by atoms with Crippen LogP contribution in [-0.4, -0.2) is 6.29 Å². The monoisotopic (exact) mass is 244 g/mol. The third-order valence-corrected chi connectivity index (χ3v) is 2.65. The summed E-state index contributed by atoms with van der Waals surface area (Å²) in [5, 5.41) is 0. The number of ether oxygens (including phenoxy) is 1. The van der Waals surface area contributed by atoms with Crippen LogP contribution in [0.5, 0.6) is 11.5 Å².